The van der Waals surface area contributed by atoms with E-state index in [1.54, 1.807) is 0 Å². The third-order valence-electron chi connectivity index (χ3n) is 2.53. The summed E-state index contributed by atoms with van der Waals surface area (Å²) < 4.78 is 0. The van der Waals surface area contributed by atoms with Crippen molar-refractivity contribution in [2.75, 3.05) is 30.4 Å². The van der Waals surface area contributed by atoms with Gasteiger partial charge in [-0.2, -0.15) is 0 Å². The number of aliphatic hydroxyl groups is 1. The molecule has 0 aliphatic carbocycles. The molecule has 3 N–H and O–H groups in total. The molecule has 0 amide bonds. The van der Waals surface area contributed by atoms with Crippen molar-refractivity contribution in [2.45, 2.75) is 6.54 Å². The molecule has 0 saturated carbocycles. The SMILES string of the molecule is CN(Cc1ccc[nH]1)c1cc(NCCO)ncn1. The van der Waals surface area contributed by atoms with Crippen LogP contribution >= 0.6 is 0 Å². The maximum absolute atomic E-state index is 8.76. The van der Waals surface area contributed by atoms with Gasteiger partial charge in [-0.15, -0.1) is 0 Å². The lowest BCUT2D eigenvalue weighted by atomic mass is 10.4. The lowest BCUT2D eigenvalue weighted by molar-refractivity contribution is 0.311. The Morgan fingerprint density at radius 1 is 1.44 bits per heavy atom. The second-order valence-electron chi connectivity index (χ2n) is 3.96. The summed E-state index contributed by atoms with van der Waals surface area (Å²) in [5, 5.41) is 11.8. The lowest BCUT2D eigenvalue weighted by Crippen LogP contribution is -2.18. The molecule has 2 heterocycles. The van der Waals surface area contributed by atoms with E-state index in [2.05, 4.69) is 20.3 Å². The Kier molecular flexibility index (Phi) is 4.14. The summed E-state index contributed by atoms with van der Waals surface area (Å²) in [6.45, 7) is 1.32. The normalized spacial score (nSPS) is 10.3. The van der Waals surface area contributed by atoms with Gasteiger partial charge in [0.15, 0.2) is 0 Å². The zero-order valence-electron chi connectivity index (χ0n) is 10.3. The smallest absolute Gasteiger partial charge is 0.134 e. The molecule has 0 saturated heterocycles. The van der Waals surface area contributed by atoms with Crippen LogP contribution in [0.1, 0.15) is 5.69 Å². The quantitative estimate of drug-likeness (QED) is 0.705. The Bertz CT molecular complexity index is 471. The number of nitrogens with zero attached hydrogens (tertiary/aromatic N) is 3. The van der Waals surface area contributed by atoms with Gasteiger partial charge in [-0.1, -0.05) is 0 Å². The first kappa shape index (κ1) is 12.4. The van der Waals surface area contributed by atoms with Crippen LogP contribution in [0.3, 0.4) is 0 Å². The number of aromatic amines is 1. The Morgan fingerprint density at radius 2 is 2.33 bits per heavy atom. The molecule has 6 nitrogen and oxygen atoms in total. The molecule has 0 unspecified atom stereocenters. The number of rotatable bonds is 6. The second kappa shape index (κ2) is 6.02. The summed E-state index contributed by atoms with van der Waals surface area (Å²) in [6, 6.07) is 5.86. The van der Waals surface area contributed by atoms with Crippen molar-refractivity contribution in [3.8, 4) is 0 Å². The average Bonchev–Trinajstić information content (AvgIpc) is 2.89. The lowest BCUT2D eigenvalue weighted by Gasteiger charge is -2.17. The van der Waals surface area contributed by atoms with Gasteiger partial charge in [-0.25, -0.2) is 9.97 Å². The first-order valence-electron chi connectivity index (χ1n) is 5.80. The predicted octanol–water partition coefficient (Wildman–Crippen LogP) is 0.845. The first-order valence-corrected chi connectivity index (χ1v) is 5.80. The van der Waals surface area contributed by atoms with Crippen LogP contribution in [0.5, 0.6) is 0 Å². The molecular formula is C12H17N5O. The fourth-order valence-electron chi connectivity index (χ4n) is 1.64. The highest BCUT2D eigenvalue weighted by atomic mass is 16.3. The summed E-state index contributed by atoms with van der Waals surface area (Å²) in [5.41, 5.74) is 1.13. The van der Waals surface area contributed by atoms with Crippen molar-refractivity contribution in [1.29, 1.82) is 0 Å². The molecule has 0 radical (unpaired) electrons. The van der Waals surface area contributed by atoms with Crippen molar-refractivity contribution in [3.63, 3.8) is 0 Å². The number of hydrogen-bond donors (Lipinski definition) is 3. The van der Waals surface area contributed by atoms with Gasteiger partial charge in [-0.05, 0) is 12.1 Å². The molecule has 96 valence electrons. The molecule has 0 aromatic carbocycles. The van der Waals surface area contributed by atoms with E-state index >= 15 is 0 Å². The van der Waals surface area contributed by atoms with Gasteiger partial charge in [0.2, 0.25) is 0 Å². The third-order valence-corrected chi connectivity index (χ3v) is 2.53. The van der Waals surface area contributed by atoms with Crippen LogP contribution in [0.4, 0.5) is 11.6 Å². The number of H-pyrrole nitrogens is 1. The monoisotopic (exact) mass is 247 g/mol. The molecular weight excluding hydrogens is 230 g/mol. The zero-order valence-corrected chi connectivity index (χ0v) is 10.3. The van der Waals surface area contributed by atoms with E-state index < -0.39 is 0 Å². The average molecular weight is 247 g/mol. The Labute approximate surface area is 106 Å². The molecule has 18 heavy (non-hydrogen) atoms. The standard InChI is InChI=1S/C12H17N5O/c1-17(8-10-3-2-4-13-10)12-7-11(14-5-6-18)15-9-16-12/h2-4,7,9,13,18H,5-6,8H2,1H3,(H,14,15,16). The van der Waals surface area contributed by atoms with Crippen LogP contribution in [0.15, 0.2) is 30.7 Å². The maximum atomic E-state index is 8.76. The molecule has 2 rings (SSSR count). The van der Waals surface area contributed by atoms with Gasteiger partial charge in [0.1, 0.15) is 18.0 Å². The minimum Gasteiger partial charge on any atom is -0.395 e. The number of aliphatic hydroxyl groups excluding tert-OH is 1. The summed E-state index contributed by atoms with van der Waals surface area (Å²) in [7, 11) is 1.97. The van der Waals surface area contributed by atoms with Gasteiger partial charge in [0.05, 0.1) is 13.2 Å². The second-order valence-corrected chi connectivity index (χ2v) is 3.96. The molecule has 0 bridgehead atoms. The third kappa shape index (κ3) is 3.21. The molecule has 0 aliphatic heterocycles. The van der Waals surface area contributed by atoms with Crippen LogP contribution < -0.4 is 10.2 Å². The van der Waals surface area contributed by atoms with E-state index in [0.29, 0.717) is 12.4 Å². The topological polar surface area (TPSA) is 77.1 Å². The minimum atomic E-state index is 0.0810. The van der Waals surface area contributed by atoms with Gasteiger partial charge in [-0.3, -0.25) is 0 Å². The molecule has 2 aromatic rings. The summed E-state index contributed by atoms with van der Waals surface area (Å²) in [5.74, 6) is 1.55. The molecule has 0 aliphatic rings. The molecule has 0 atom stereocenters. The maximum Gasteiger partial charge on any atom is 0.134 e. The van der Waals surface area contributed by atoms with Gasteiger partial charge < -0.3 is 20.3 Å². The van der Waals surface area contributed by atoms with E-state index in [1.165, 1.54) is 6.33 Å². The van der Waals surface area contributed by atoms with Crippen LogP contribution in [0.25, 0.3) is 0 Å². The fraction of sp³-hybridized carbons (Fsp3) is 0.333. The Balaban J connectivity index is 2.03. The van der Waals surface area contributed by atoms with Crippen LogP contribution in [-0.2, 0) is 6.54 Å². The molecule has 6 heteroatoms. The highest BCUT2D eigenvalue weighted by molar-refractivity contribution is 5.48. The van der Waals surface area contributed by atoms with Crippen molar-refractivity contribution in [3.05, 3.63) is 36.4 Å². The largest absolute Gasteiger partial charge is 0.395 e. The highest BCUT2D eigenvalue weighted by Crippen LogP contribution is 2.14. The number of aromatic nitrogens is 3. The summed E-state index contributed by atoms with van der Waals surface area (Å²) >= 11 is 0. The van der Waals surface area contributed by atoms with Crippen molar-refractivity contribution < 1.29 is 5.11 Å². The van der Waals surface area contributed by atoms with E-state index in [4.69, 9.17) is 5.11 Å². The van der Waals surface area contributed by atoms with Crippen LogP contribution in [0, 0.1) is 0 Å². The Morgan fingerprint density at radius 3 is 3.06 bits per heavy atom. The van der Waals surface area contributed by atoms with Crippen molar-refractivity contribution in [2.24, 2.45) is 0 Å². The van der Waals surface area contributed by atoms with E-state index in [9.17, 15) is 0 Å². The Hall–Kier alpha value is -2.08. The molecule has 2 aromatic heterocycles. The molecule has 0 spiro atoms. The predicted molar refractivity (Wildman–Crippen MR) is 70.5 cm³/mol. The summed E-state index contributed by atoms with van der Waals surface area (Å²) in [4.78, 5) is 13.5. The van der Waals surface area contributed by atoms with Crippen molar-refractivity contribution in [1.82, 2.24) is 15.0 Å². The van der Waals surface area contributed by atoms with Crippen LogP contribution in [-0.4, -0.2) is 40.3 Å². The molecule has 0 fully saturated rings. The van der Waals surface area contributed by atoms with Crippen LogP contribution in [0.2, 0.25) is 0 Å². The minimum absolute atomic E-state index is 0.0810. The number of anilines is 2. The van der Waals surface area contributed by atoms with E-state index in [-0.39, 0.29) is 6.61 Å². The summed E-state index contributed by atoms with van der Waals surface area (Å²) in [6.07, 6.45) is 3.41. The highest BCUT2D eigenvalue weighted by Gasteiger charge is 2.05. The van der Waals surface area contributed by atoms with Gasteiger partial charge >= 0.3 is 0 Å². The van der Waals surface area contributed by atoms with Gasteiger partial charge in [0.25, 0.3) is 0 Å². The number of nitrogens with one attached hydrogen (secondary N) is 2. The number of hydrogen-bond acceptors (Lipinski definition) is 5. The zero-order chi connectivity index (χ0) is 12.8. The fourth-order valence-corrected chi connectivity index (χ4v) is 1.64. The van der Waals surface area contributed by atoms with E-state index in [0.717, 1.165) is 18.1 Å². The van der Waals surface area contributed by atoms with Crippen molar-refractivity contribution >= 4 is 11.6 Å². The first-order chi connectivity index (χ1) is 8.79. The van der Waals surface area contributed by atoms with Gasteiger partial charge in [0, 0.05) is 31.5 Å². The van der Waals surface area contributed by atoms with E-state index in [1.807, 2.05) is 36.3 Å².